The number of sulfone groups is 1. The van der Waals surface area contributed by atoms with Crippen LogP contribution in [0, 0.1) is 0 Å². The molecule has 3 aromatic rings. The summed E-state index contributed by atoms with van der Waals surface area (Å²) in [4.78, 5) is 11.3. The molecule has 1 aromatic heterocycles. The van der Waals surface area contributed by atoms with Gasteiger partial charge in [0, 0.05) is 40.5 Å². The molecule has 0 atom stereocenters. The minimum Gasteiger partial charge on any atom is -0.341 e. The molecule has 0 unspecified atom stereocenters. The van der Waals surface area contributed by atoms with Gasteiger partial charge in [0.05, 0.1) is 10.7 Å². The number of aromatic nitrogens is 2. The molecule has 1 aliphatic rings. The second-order valence-electron chi connectivity index (χ2n) is 7.15. The molecule has 2 aromatic carbocycles. The molecular formula is C21H18Cl3N3O2S. The van der Waals surface area contributed by atoms with Crippen LogP contribution in [0.15, 0.2) is 47.5 Å². The minimum absolute atomic E-state index is 0.0391. The summed E-state index contributed by atoms with van der Waals surface area (Å²) in [5, 5.41) is 1.36. The average Bonchev–Trinajstić information content (AvgIpc) is 3.22. The fourth-order valence-electron chi connectivity index (χ4n) is 3.51. The number of rotatable bonds is 4. The summed E-state index contributed by atoms with van der Waals surface area (Å²) in [6.45, 7) is 1.55. The maximum absolute atomic E-state index is 12.8. The quantitative estimate of drug-likeness (QED) is 0.441. The molecular weight excluding hydrogens is 465 g/mol. The van der Waals surface area contributed by atoms with E-state index in [1.807, 2.05) is 4.90 Å². The molecule has 0 N–H and O–H groups in total. The zero-order chi connectivity index (χ0) is 21.5. The Morgan fingerprint density at radius 1 is 0.900 bits per heavy atom. The van der Waals surface area contributed by atoms with Crippen LogP contribution in [-0.4, -0.2) is 37.7 Å². The predicted molar refractivity (Wildman–Crippen MR) is 122 cm³/mol. The molecule has 1 saturated heterocycles. The van der Waals surface area contributed by atoms with Gasteiger partial charge >= 0.3 is 0 Å². The molecule has 5 nitrogen and oxygen atoms in total. The predicted octanol–water partition coefficient (Wildman–Crippen LogP) is 5.77. The Hall–Kier alpha value is -1.86. The standard InChI is InChI=1S/C21H18Cl3N3O2S/c1-30(28,29)20-18(13-4-6-14(22)7-5-13)19(16-9-8-15(23)12-17(16)24)25-21(26-20)27-10-2-3-11-27/h4-9,12H,2-3,10-11H2,1H3. The third-order valence-corrected chi connectivity index (χ3v) is 6.72. The van der Waals surface area contributed by atoms with E-state index < -0.39 is 9.84 Å². The van der Waals surface area contributed by atoms with Crippen molar-refractivity contribution in [3.05, 3.63) is 57.5 Å². The SMILES string of the molecule is CS(=O)(=O)c1nc(N2CCCC2)nc(-c2ccc(Cl)cc2Cl)c1-c1ccc(Cl)cc1. The fourth-order valence-corrected chi connectivity index (χ4v) is 4.97. The van der Waals surface area contributed by atoms with Gasteiger partial charge in [-0.2, -0.15) is 0 Å². The van der Waals surface area contributed by atoms with Gasteiger partial charge < -0.3 is 4.90 Å². The lowest BCUT2D eigenvalue weighted by Gasteiger charge is -2.20. The highest BCUT2D eigenvalue weighted by molar-refractivity contribution is 7.90. The lowest BCUT2D eigenvalue weighted by molar-refractivity contribution is 0.598. The zero-order valence-electron chi connectivity index (χ0n) is 16.1. The van der Waals surface area contributed by atoms with Crippen molar-refractivity contribution in [1.82, 2.24) is 9.97 Å². The molecule has 30 heavy (non-hydrogen) atoms. The first kappa shape index (κ1) is 21.4. The molecule has 0 saturated carbocycles. The van der Waals surface area contributed by atoms with Crippen molar-refractivity contribution in [3.8, 4) is 22.4 Å². The van der Waals surface area contributed by atoms with E-state index >= 15 is 0 Å². The van der Waals surface area contributed by atoms with Gasteiger partial charge in [-0.1, -0.05) is 46.9 Å². The average molecular weight is 483 g/mol. The van der Waals surface area contributed by atoms with Gasteiger partial charge in [0.1, 0.15) is 0 Å². The molecule has 1 fully saturated rings. The highest BCUT2D eigenvalue weighted by Gasteiger charge is 2.27. The molecule has 156 valence electrons. The smallest absolute Gasteiger partial charge is 0.227 e. The van der Waals surface area contributed by atoms with Gasteiger partial charge in [-0.15, -0.1) is 0 Å². The van der Waals surface area contributed by atoms with Crippen LogP contribution in [0.5, 0.6) is 0 Å². The van der Waals surface area contributed by atoms with Gasteiger partial charge in [-0.25, -0.2) is 18.4 Å². The number of halogens is 3. The van der Waals surface area contributed by atoms with Crippen LogP contribution in [0.3, 0.4) is 0 Å². The van der Waals surface area contributed by atoms with E-state index in [2.05, 4.69) is 4.98 Å². The summed E-state index contributed by atoms with van der Waals surface area (Å²) in [7, 11) is -3.68. The third kappa shape index (κ3) is 4.28. The second-order valence-corrected chi connectivity index (χ2v) is 10.4. The van der Waals surface area contributed by atoms with Gasteiger partial charge in [-0.3, -0.25) is 0 Å². The van der Waals surface area contributed by atoms with Crippen molar-refractivity contribution < 1.29 is 8.42 Å². The minimum atomic E-state index is -3.68. The number of nitrogens with zero attached hydrogens (tertiary/aromatic N) is 3. The van der Waals surface area contributed by atoms with Gasteiger partial charge in [0.25, 0.3) is 0 Å². The molecule has 0 bridgehead atoms. The van der Waals surface area contributed by atoms with E-state index in [9.17, 15) is 8.42 Å². The van der Waals surface area contributed by atoms with Crippen molar-refractivity contribution in [2.45, 2.75) is 17.9 Å². The monoisotopic (exact) mass is 481 g/mol. The van der Waals surface area contributed by atoms with Crippen molar-refractivity contribution in [1.29, 1.82) is 0 Å². The third-order valence-electron chi connectivity index (χ3n) is 4.92. The Balaban J connectivity index is 2.08. The molecule has 0 spiro atoms. The molecule has 0 aliphatic carbocycles. The Labute approximate surface area is 190 Å². The van der Waals surface area contributed by atoms with Gasteiger partial charge in [0.15, 0.2) is 14.9 Å². The van der Waals surface area contributed by atoms with Crippen LogP contribution in [0.4, 0.5) is 5.95 Å². The van der Waals surface area contributed by atoms with Crippen molar-refractivity contribution in [2.75, 3.05) is 24.2 Å². The maximum atomic E-state index is 12.8. The van der Waals surface area contributed by atoms with Crippen molar-refractivity contribution in [2.24, 2.45) is 0 Å². The summed E-state index contributed by atoms with van der Waals surface area (Å²) in [6, 6.07) is 12.0. The van der Waals surface area contributed by atoms with Crippen LogP contribution in [-0.2, 0) is 9.84 Å². The van der Waals surface area contributed by atoms with E-state index in [1.54, 1.807) is 42.5 Å². The fraction of sp³-hybridized carbons (Fsp3) is 0.238. The lowest BCUT2D eigenvalue weighted by atomic mass is 10.0. The zero-order valence-corrected chi connectivity index (χ0v) is 19.2. The second kappa shape index (κ2) is 8.35. The maximum Gasteiger partial charge on any atom is 0.227 e. The summed E-state index contributed by atoms with van der Waals surface area (Å²) in [5.74, 6) is 0.381. The first-order chi connectivity index (χ1) is 14.2. The summed E-state index contributed by atoms with van der Waals surface area (Å²) in [5.41, 5.74) is 2.05. The first-order valence-electron chi connectivity index (χ1n) is 9.32. The van der Waals surface area contributed by atoms with Gasteiger partial charge in [-0.05, 0) is 48.7 Å². The lowest BCUT2D eigenvalue weighted by Crippen LogP contribution is -2.22. The van der Waals surface area contributed by atoms with E-state index in [-0.39, 0.29) is 5.03 Å². The Morgan fingerprint density at radius 2 is 1.53 bits per heavy atom. The van der Waals surface area contributed by atoms with Crippen LogP contribution in [0.25, 0.3) is 22.4 Å². The summed E-state index contributed by atoms with van der Waals surface area (Å²) in [6.07, 6.45) is 3.16. The van der Waals surface area contributed by atoms with Crippen LogP contribution in [0.2, 0.25) is 15.1 Å². The van der Waals surface area contributed by atoms with E-state index in [1.165, 1.54) is 0 Å². The first-order valence-corrected chi connectivity index (χ1v) is 12.3. The van der Waals surface area contributed by atoms with E-state index in [4.69, 9.17) is 39.8 Å². The normalized spacial score (nSPS) is 14.3. The Bertz CT molecular complexity index is 1210. The van der Waals surface area contributed by atoms with Crippen LogP contribution >= 0.6 is 34.8 Å². The molecule has 0 radical (unpaired) electrons. The van der Waals surface area contributed by atoms with E-state index in [0.29, 0.717) is 43.4 Å². The van der Waals surface area contributed by atoms with Crippen molar-refractivity contribution in [3.63, 3.8) is 0 Å². The number of hydrogen-bond acceptors (Lipinski definition) is 5. The van der Waals surface area contributed by atoms with E-state index in [0.717, 1.165) is 32.2 Å². The number of benzene rings is 2. The van der Waals surface area contributed by atoms with Gasteiger partial charge in [0.2, 0.25) is 5.95 Å². The van der Waals surface area contributed by atoms with Crippen LogP contribution in [0.1, 0.15) is 12.8 Å². The van der Waals surface area contributed by atoms with Crippen LogP contribution < -0.4 is 4.90 Å². The molecule has 1 aliphatic heterocycles. The van der Waals surface area contributed by atoms with Crippen molar-refractivity contribution >= 4 is 50.6 Å². The summed E-state index contributed by atoms with van der Waals surface area (Å²) < 4.78 is 25.6. The molecule has 2 heterocycles. The number of hydrogen-bond donors (Lipinski definition) is 0. The highest BCUT2D eigenvalue weighted by atomic mass is 35.5. The molecule has 9 heteroatoms. The largest absolute Gasteiger partial charge is 0.341 e. The number of anilines is 1. The topological polar surface area (TPSA) is 63.2 Å². The Morgan fingerprint density at radius 3 is 2.13 bits per heavy atom. The molecule has 4 rings (SSSR count). The highest BCUT2D eigenvalue weighted by Crippen LogP contribution is 2.40. The summed E-state index contributed by atoms with van der Waals surface area (Å²) >= 11 is 18.6. The molecule has 0 amide bonds. The Kier molecular flexibility index (Phi) is 5.95.